The number of hydrogen-bond donors (Lipinski definition) is 1. The Labute approximate surface area is 124 Å². The van der Waals surface area contributed by atoms with Gasteiger partial charge in [-0.1, -0.05) is 12.1 Å². The van der Waals surface area contributed by atoms with Crippen LogP contribution in [0.3, 0.4) is 0 Å². The molecule has 1 aliphatic rings. The maximum atomic E-state index is 5.80. The van der Waals surface area contributed by atoms with Crippen LogP contribution in [0.4, 0.5) is 0 Å². The molecule has 3 nitrogen and oxygen atoms in total. The molecule has 0 spiro atoms. The number of benzene rings is 2. The summed E-state index contributed by atoms with van der Waals surface area (Å²) in [4.78, 5) is 7.76. The van der Waals surface area contributed by atoms with Crippen molar-refractivity contribution in [2.75, 3.05) is 6.61 Å². The quantitative estimate of drug-likeness (QED) is 0.722. The Hall–Kier alpha value is -2.29. The molecular formula is C18H18N2O. The van der Waals surface area contributed by atoms with Crippen molar-refractivity contribution in [2.24, 2.45) is 0 Å². The molecule has 0 amide bonds. The van der Waals surface area contributed by atoms with E-state index >= 15 is 0 Å². The van der Waals surface area contributed by atoms with Crippen LogP contribution in [0.15, 0.2) is 36.4 Å². The van der Waals surface area contributed by atoms with Crippen LogP contribution >= 0.6 is 0 Å². The van der Waals surface area contributed by atoms with E-state index in [2.05, 4.69) is 46.4 Å². The molecule has 0 radical (unpaired) electrons. The van der Waals surface area contributed by atoms with Crippen molar-refractivity contribution in [3.63, 3.8) is 0 Å². The highest BCUT2D eigenvalue weighted by Crippen LogP contribution is 2.30. The number of aryl methyl sites for hydroxylation is 2. The Bertz CT molecular complexity index is 804. The summed E-state index contributed by atoms with van der Waals surface area (Å²) in [6, 6.07) is 12.9. The first-order chi connectivity index (χ1) is 10.3. The van der Waals surface area contributed by atoms with E-state index in [9.17, 15) is 0 Å². The second-order valence-electron chi connectivity index (χ2n) is 5.68. The molecule has 1 N–H and O–H groups in total. The molecule has 106 valence electrons. The summed E-state index contributed by atoms with van der Waals surface area (Å²) in [5.74, 6) is 2.01. The number of rotatable bonds is 1. The fourth-order valence-corrected chi connectivity index (χ4v) is 3.01. The average molecular weight is 278 g/mol. The highest BCUT2D eigenvalue weighted by atomic mass is 16.5. The molecule has 1 aromatic heterocycles. The normalized spacial score (nSPS) is 14.5. The molecule has 0 bridgehead atoms. The molecule has 2 aromatic carbocycles. The Balaban J connectivity index is 1.78. The predicted molar refractivity (Wildman–Crippen MR) is 84.7 cm³/mol. The maximum absolute atomic E-state index is 5.80. The Morgan fingerprint density at radius 2 is 1.90 bits per heavy atom. The Morgan fingerprint density at radius 1 is 1.05 bits per heavy atom. The SMILES string of the molecule is Cc1nc2ccc(-c3ccc4c(c3)CCCCO4)cc2[nH]1. The lowest BCUT2D eigenvalue weighted by Crippen LogP contribution is -1.94. The lowest BCUT2D eigenvalue weighted by atomic mass is 10.00. The fourth-order valence-electron chi connectivity index (χ4n) is 3.01. The summed E-state index contributed by atoms with van der Waals surface area (Å²) < 4.78 is 5.80. The van der Waals surface area contributed by atoms with E-state index in [0.717, 1.165) is 42.1 Å². The largest absolute Gasteiger partial charge is 0.493 e. The van der Waals surface area contributed by atoms with Gasteiger partial charge >= 0.3 is 0 Å². The van der Waals surface area contributed by atoms with Gasteiger partial charge in [-0.3, -0.25) is 0 Å². The summed E-state index contributed by atoms with van der Waals surface area (Å²) in [5.41, 5.74) is 5.91. The molecule has 3 aromatic rings. The Morgan fingerprint density at radius 3 is 2.86 bits per heavy atom. The molecule has 0 saturated heterocycles. The minimum atomic E-state index is 0.839. The van der Waals surface area contributed by atoms with Crippen LogP contribution in [-0.2, 0) is 6.42 Å². The maximum Gasteiger partial charge on any atom is 0.122 e. The third-order valence-electron chi connectivity index (χ3n) is 4.09. The third-order valence-corrected chi connectivity index (χ3v) is 4.09. The lowest BCUT2D eigenvalue weighted by Gasteiger charge is -2.09. The van der Waals surface area contributed by atoms with Crippen molar-refractivity contribution < 1.29 is 4.74 Å². The van der Waals surface area contributed by atoms with Gasteiger partial charge in [-0.25, -0.2) is 4.98 Å². The van der Waals surface area contributed by atoms with Crippen LogP contribution in [-0.4, -0.2) is 16.6 Å². The van der Waals surface area contributed by atoms with Crippen LogP contribution in [0.2, 0.25) is 0 Å². The first-order valence-electron chi connectivity index (χ1n) is 7.52. The van der Waals surface area contributed by atoms with Gasteiger partial charge in [-0.15, -0.1) is 0 Å². The van der Waals surface area contributed by atoms with Crippen molar-refractivity contribution in [2.45, 2.75) is 26.2 Å². The smallest absolute Gasteiger partial charge is 0.122 e. The van der Waals surface area contributed by atoms with Crippen molar-refractivity contribution >= 4 is 11.0 Å². The lowest BCUT2D eigenvalue weighted by molar-refractivity contribution is 0.317. The van der Waals surface area contributed by atoms with Crippen molar-refractivity contribution in [3.05, 3.63) is 47.8 Å². The summed E-state index contributed by atoms with van der Waals surface area (Å²) in [5, 5.41) is 0. The number of aromatic amines is 1. The number of fused-ring (bicyclic) bond motifs is 2. The fraction of sp³-hybridized carbons (Fsp3) is 0.278. The topological polar surface area (TPSA) is 37.9 Å². The molecule has 21 heavy (non-hydrogen) atoms. The number of nitrogens with one attached hydrogen (secondary N) is 1. The second-order valence-corrected chi connectivity index (χ2v) is 5.68. The van der Waals surface area contributed by atoms with Crippen LogP contribution in [0.1, 0.15) is 24.2 Å². The predicted octanol–water partition coefficient (Wildman–Crippen LogP) is 4.25. The molecule has 3 heteroatoms. The zero-order valence-corrected chi connectivity index (χ0v) is 12.1. The molecule has 4 rings (SSSR count). The van der Waals surface area contributed by atoms with E-state index < -0.39 is 0 Å². The van der Waals surface area contributed by atoms with Crippen LogP contribution in [0.5, 0.6) is 5.75 Å². The van der Waals surface area contributed by atoms with Gasteiger partial charge in [0.2, 0.25) is 0 Å². The van der Waals surface area contributed by atoms with Gasteiger partial charge in [0.15, 0.2) is 0 Å². The number of ether oxygens (including phenoxy) is 1. The van der Waals surface area contributed by atoms with Crippen molar-refractivity contribution in [3.8, 4) is 16.9 Å². The minimum Gasteiger partial charge on any atom is -0.493 e. The molecule has 0 aliphatic carbocycles. The van der Waals surface area contributed by atoms with Gasteiger partial charge in [-0.2, -0.15) is 0 Å². The molecule has 1 aliphatic heterocycles. The summed E-state index contributed by atoms with van der Waals surface area (Å²) in [6.07, 6.45) is 3.45. The zero-order valence-electron chi connectivity index (χ0n) is 12.1. The summed E-state index contributed by atoms with van der Waals surface area (Å²) >= 11 is 0. The van der Waals surface area contributed by atoms with Crippen LogP contribution in [0.25, 0.3) is 22.2 Å². The van der Waals surface area contributed by atoms with E-state index in [4.69, 9.17) is 4.74 Å². The van der Waals surface area contributed by atoms with Crippen molar-refractivity contribution in [1.82, 2.24) is 9.97 Å². The highest BCUT2D eigenvalue weighted by Gasteiger charge is 2.11. The van der Waals surface area contributed by atoms with E-state index in [1.54, 1.807) is 0 Å². The third kappa shape index (κ3) is 2.29. The van der Waals surface area contributed by atoms with E-state index in [0.29, 0.717) is 0 Å². The van der Waals surface area contributed by atoms with Gasteiger partial charge in [0.25, 0.3) is 0 Å². The number of nitrogens with zero attached hydrogens (tertiary/aromatic N) is 1. The Kier molecular flexibility index (Phi) is 2.92. The molecule has 0 unspecified atom stereocenters. The molecule has 0 atom stereocenters. The average Bonchev–Trinajstić information content (AvgIpc) is 2.71. The first-order valence-corrected chi connectivity index (χ1v) is 7.52. The van der Waals surface area contributed by atoms with Gasteiger partial charge in [0.1, 0.15) is 11.6 Å². The number of imidazole rings is 1. The number of aromatic nitrogens is 2. The summed E-state index contributed by atoms with van der Waals surface area (Å²) in [6.45, 7) is 2.82. The van der Waals surface area contributed by atoms with Gasteiger partial charge in [-0.05, 0) is 67.1 Å². The van der Waals surface area contributed by atoms with Gasteiger partial charge < -0.3 is 9.72 Å². The van der Waals surface area contributed by atoms with Gasteiger partial charge in [0.05, 0.1) is 17.6 Å². The number of hydrogen-bond acceptors (Lipinski definition) is 2. The first kappa shape index (κ1) is 12.5. The monoisotopic (exact) mass is 278 g/mol. The second kappa shape index (κ2) is 4.92. The molecular weight excluding hydrogens is 260 g/mol. The van der Waals surface area contributed by atoms with E-state index in [-0.39, 0.29) is 0 Å². The molecule has 2 heterocycles. The van der Waals surface area contributed by atoms with Crippen LogP contribution < -0.4 is 4.74 Å². The highest BCUT2D eigenvalue weighted by molar-refractivity contribution is 5.82. The standard InChI is InChI=1S/C18H18N2O/c1-12-19-16-7-5-14(11-17(16)20-12)13-6-8-18-15(10-13)4-2-3-9-21-18/h5-8,10-11H,2-4,9H2,1H3,(H,19,20). The molecule has 0 saturated carbocycles. The minimum absolute atomic E-state index is 0.839. The van der Waals surface area contributed by atoms with E-state index in [1.807, 2.05) is 6.92 Å². The number of H-pyrrole nitrogens is 1. The molecule has 0 fully saturated rings. The zero-order chi connectivity index (χ0) is 14.2. The van der Waals surface area contributed by atoms with Gasteiger partial charge in [0, 0.05) is 0 Å². The summed E-state index contributed by atoms with van der Waals surface area (Å²) in [7, 11) is 0. The van der Waals surface area contributed by atoms with Crippen molar-refractivity contribution in [1.29, 1.82) is 0 Å². The van der Waals surface area contributed by atoms with Crippen LogP contribution in [0, 0.1) is 6.92 Å². The van der Waals surface area contributed by atoms with E-state index in [1.165, 1.54) is 23.1 Å².